The number of hydrogen-bond donors (Lipinski definition) is 0. The number of fused-ring (bicyclic) bond motifs is 1. The molecule has 0 amide bonds. The van der Waals surface area contributed by atoms with Crippen molar-refractivity contribution in [1.82, 2.24) is 4.98 Å². The van der Waals surface area contributed by atoms with Crippen molar-refractivity contribution in [2.45, 2.75) is 19.3 Å². The Morgan fingerprint density at radius 3 is 2.32 bits per heavy atom. The van der Waals surface area contributed by atoms with E-state index in [0.29, 0.717) is 41.5 Å². The summed E-state index contributed by atoms with van der Waals surface area (Å²) in [5.41, 5.74) is 3.01. The van der Waals surface area contributed by atoms with E-state index in [1.54, 1.807) is 18.2 Å². The average molecular weight is 535 g/mol. The van der Waals surface area contributed by atoms with E-state index in [0.717, 1.165) is 14.2 Å². The second-order valence-corrected chi connectivity index (χ2v) is 13.0. The Balaban J connectivity index is 0.00000274. The van der Waals surface area contributed by atoms with E-state index in [4.69, 9.17) is 4.98 Å². The number of hydrogen-bond acceptors (Lipinski definition) is 6. The molecule has 1 atom stereocenters. The second-order valence-electron chi connectivity index (χ2n) is 8.85. The minimum atomic E-state index is -3.93. The summed E-state index contributed by atoms with van der Waals surface area (Å²) in [6.45, 7) is 2.37. The monoisotopic (exact) mass is 534 g/mol. The highest BCUT2D eigenvalue weighted by Crippen LogP contribution is 2.51. The molecule has 0 N–H and O–H groups in total. The summed E-state index contributed by atoms with van der Waals surface area (Å²) < 4.78 is 78.4. The molecular weight excluding hydrogens is 510 g/mol. The van der Waals surface area contributed by atoms with Gasteiger partial charge in [0, 0.05) is 44.6 Å². The number of benzene rings is 1. The van der Waals surface area contributed by atoms with Gasteiger partial charge in [-0.1, -0.05) is 12.1 Å². The Kier molecular flexibility index (Phi) is 6.01. The van der Waals surface area contributed by atoms with E-state index in [9.17, 15) is 25.6 Å². The summed E-state index contributed by atoms with van der Waals surface area (Å²) >= 11 is 0. The normalized spacial score (nSPS) is 23.9. The molecule has 13 heteroatoms. The van der Waals surface area contributed by atoms with Crippen molar-refractivity contribution in [1.29, 1.82) is 0 Å². The Hall–Kier alpha value is -2.18. The average Bonchev–Trinajstić information content (AvgIpc) is 3.31. The van der Waals surface area contributed by atoms with Crippen LogP contribution in [-0.4, -0.2) is 65.9 Å². The van der Waals surface area contributed by atoms with Crippen LogP contribution in [0.5, 0.6) is 0 Å². The highest BCUT2D eigenvalue weighted by atomic mass is 35.5. The lowest BCUT2D eigenvalue weighted by molar-refractivity contribution is 0.101. The van der Waals surface area contributed by atoms with E-state index in [-0.39, 0.29) is 36.9 Å². The predicted molar refractivity (Wildman–Crippen MR) is 130 cm³/mol. The molecule has 3 aliphatic rings. The molecule has 0 bridgehead atoms. The van der Waals surface area contributed by atoms with Crippen LogP contribution in [0.25, 0.3) is 11.3 Å². The van der Waals surface area contributed by atoms with Crippen molar-refractivity contribution in [3.05, 3.63) is 35.9 Å². The van der Waals surface area contributed by atoms with Gasteiger partial charge in [-0.2, -0.15) is 8.42 Å². The molecule has 2 fully saturated rings. The van der Waals surface area contributed by atoms with E-state index in [1.807, 2.05) is 24.0 Å². The minimum Gasteiger partial charge on any atom is -0.355 e. The summed E-state index contributed by atoms with van der Waals surface area (Å²) in [5.74, 6) is -2.97. The molecule has 3 heterocycles. The van der Waals surface area contributed by atoms with Gasteiger partial charge in [0.2, 0.25) is 0 Å². The summed E-state index contributed by atoms with van der Waals surface area (Å²) in [7, 11) is -5.54. The van der Waals surface area contributed by atoms with Crippen LogP contribution < -0.4 is 13.5 Å². The van der Waals surface area contributed by atoms with Gasteiger partial charge >= 0.3 is 10.2 Å². The van der Waals surface area contributed by atoms with Gasteiger partial charge in [0.1, 0.15) is 5.82 Å². The lowest BCUT2D eigenvalue weighted by atomic mass is 10.0. The van der Waals surface area contributed by atoms with Gasteiger partial charge in [0.25, 0.3) is 5.92 Å². The van der Waals surface area contributed by atoms with Crippen LogP contribution in [0.2, 0.25) is 0 Å². The van der Waals surface area contributed by atoms with E-state index < -0.39 is 31.9 Å². The number of aryl methyl sites for hydroxylation is 1. The number of sulfone groups is 1. The van der Waals surface area contributed by atoms with Crippen molar-refractivity contribution in [3.63, 3.8) is 0 Å². The number of pyridine rings is 1. The van der Waals surface area contributed by atoms with Crippen molar-refractivity contribution in [2.75, 3.05) is 51.7 Å². The van der Waals surface area contributed by atoms with Crippen LogP contribution in [0.1, 0.15) is 12.0 Å². The first kappa shape index (κ1) is 24.9. The maximum atomic E-state index is 13.5. The third-order valence-electron chi connectivity index (χ3n) is 6.57. The fourth-order valence-electron chi connectivity index (χ4n) is 4.32. The maximum Gasteiger partial charge on any atom is 0.326 e. The molecule has 186 valence electrons. The summed E-state index contributed by atoms with van der Waals surface area (Å²) in [4.78, 5) is 6.67. The largest absolute Gasteiger partial charge is 0.355 e. The second kappa shape index (κ2) is 8.20. The lowest BCUT2D eigenvalue weighted by Gasteiger charge is -2.28. The first-order chi connectivity index (χ1) is 15.4. The summed E-state index contributed by atoms with van der Waals surface area (Å²) in [6, 6.07) is 8.82. The van der Waals surface area contributed by atoms with Gasteiger partial charge < -0.3 is 4.90 Å². The van der Waals surface area contributed by atoms with Crippen LogP contribution in [0.4, 0.5) is 26.0 Å². The lowest BCUT2D eigenvalue weighted by Crippen LogP contribution is -2.40. The Bertz CT molecular complexity index is 1340. The van der Waals surface area contributed by atoms with E-state index in [2.05, 4.69) is 0 Å². The maximum absolute atomic E-state index is 13.5. The molecule has 34 heavy (non-hydrogen) atoms. The third-order valence-corrected chi connectivity index (χ3v) is 9.97. The van der Waals surface area contributed by atoms with Crippen molar-refractivity contribution in [2.24, 2.45) is 5.92 Å². The van der Waals surface area contributed by atoms with Gasteiger partial charge in [-0.15, -0.1) is 12.4 Å². The SMILES string of the molecule is Cc1ccc(N2CCS(=O)(=O)CC2)nc1-c1ccc2c(c1)N(C)S(=O)(=O)N2CC1CC1(F)F.Cl. The summed E-state index contributed by atoms with van der Waals surface area (Å²) in [6.07, 6.45) is -0.302. The van der Waals surface area contributed by atoms with Gasteiger partial charge in [-0.25, -0.2) is 22.2 Å². The fraction of sp³-hybridized carbons (Fsp3) is 0.476. The molecule has 2 aromatic rings. The molecule has 1 saturated heterocycles. The molecule has 2 aliphatic heterocycles. The number of rotatable bonds is 4. The van der Waals surface area contributed by atoms with Gasteiger partial charge in [0.15, 0.2) is 9.84 Å². The zero-order chi connectivity index (χ0) is 23.8. The van der Waals surface area contributed by atoms with Crippen molar-refractivity contribution in [3.8, 4) is 11.3 Å². The molecule has 1 aliphatic carbocycles. The number of alkyl halides is 2. The van der Waals surface area contributed by atoms with Crippen molar-refractivity contribution >= 4 is 49.6 Å². The third kappa shape index (κ3) is 4.20. The fourth-order valence-corrected chi connectivity index (χ4v) is 6.98. The number of anilines is 3. The zero-order valence-electron chi connectivity index (χ0n) is 18.6. The predicted octanol–water partition coefficient (Wildman–Crippen LogP) is 2.87. The molecule has 0 radical (unpaired) electrons. The molecule has 8 nitrogen and oxygen atoms in total. The Morgan fingerprint density at radius 1 is 1.06 bits per heavy atom. The number of nitrogens with zero attached hydrogens (tertiary/aromatic N) is 4. The van der Waals surface area contributed by atoms with Gasteiger partial charge in [0.05, 0.1) is 28.6 Å². The Morgan fingerprint density at radius 2 is 1.71 bits per heavy atom. The van der Waals surface area contributed by atoms with Crippen LogP contribution >= 0.6 is 12.4 Å². The molecule has 1 aromatic carbocycles. The molecule has 1 aromatic heterocycles. The van der Waals surface area contributed by atoms with Crippen LogP contribution in [0.15, 0.2) is 30.3 Å². The van der Waals surface area contributed by atoms with E-state index in [1.165, 1.54) is 7.05 Å². The number of aromatic nitrogens is 1. The molecule has 5 rings (SSSR count). The van der Waals surface area contributed by atoms with E-state index >= 15 is 0 Å². The topological polar surface area (TPSA) is 90.9 Å². The highest BCUT2D eigenvalue weighted by molar-refractivity contribution is 7.94. The highest BCUT2D eigenvalue weighted by Gasteiger charge is 2.59. The smallest absolute Gasteiger partial charge is 0.326 e. The Labute approximate surface area is 204 Å². The number of halogens is 3. The first-order valence-corrected chi connectivity index (χ1v) is 13.8. The van der Waals surface area contributed by atoms with Crippen LogP contribution in [-0.2, 0) is 20.0 Å². The quantitative estimate of drug-likeness (QED) is 0.599. The molecule has 1 unspecified atom stereocenters. The zero-order valence-corrected chi connectivity index (χ0v) is 21.1. The molecule has 1 saturated carbocycles. The standard InChI is InChI=1S/C21H24F2N4O4S2.ClH/c1-14-3-6-19(26-7-9-32(28,29)10-8-26)24-20(14)15-4-5-17-18(11-15)25(2)33(30,31)27(17)13-16-12-21(16,22)23;/h3-6,11,16H,7-10,12-13H2,1-2H3;1H. The van der Waals surface area contributed by atoms with Crippen LogP contribution in [0.3, 0.4) is 0 Å². The molecular formula is C21H25ClF2N4O4S2. The van der Waals surface area contributed by atoms with Crippen molar-refractivity contribution < 1.29 is 25.6 Å². The van der Waals surface area contributed by atoms with Gasteiger partial charge in [-0.3, -0.25) is 8.61 Å². The first-order valence-electron chi connectivity index (χ1n) is 10.6. The van der Waals surface area contributed by atoms with Crippen LogP contribution in [0, 0.1) is 12.8 Å². The van der Waals surface area contributed by atoms with Gasteiger partial charge in [-0.05, 0) is 30.7 Å². The minimum absolute atomic E-state index is 0. The summed E-state index contributed by atoms with van der Waals surface area (Å²) in [5, 5.41) is 0. The molecule has 0 spiro atoms.